The second kappa shape index (κ2) is 7.37. The predicted molar refractivity (Wildman–Crippen MR) is 72.7 cm³/mol. The molecule has 0 bridgehead atoms. The first kappa shape index (κ1) is 15.8. The van der Waals surface area contributed by atoms with Gasteiger partial charge in [0.25, 0.3) is 0 Å². The summed E-state index contributed by atoms with van der Waals surface area (Å²) in [5, 5.41) is 0. The summed E-state index contributed by atoms with van der Waals surface area (Å²) in [6, 6.07) is 5.37. The monoisotopic (exact) mass is 287 g/mol. The van der Waals surface area contributed by atoms with Gasteiger partial charge in [-0.25, -0.2) is 17.5 Å². The predicted octanol–water partition coefficient (Wildman–Crippen LogP) is 1.84. The second-order valence-electron chi connectivity index (χ2n) is 4.29. The molecule has 1 N–H and O–H groups in total. The fourth-order valence-electron chi connectivity index (χ4n) is 1.37. The maximum absolute atomic E-state index is 12.7. The van der Waals surface area contributed by atoms with Crippen molar-refractivity contribution in [3.05, 3.63) is 47.8 Å². The van der Waals surface area contributed by atoms with Crippen LogP contribution in [0.4, 0.5) is 4.39 Å². The van der Waals surface area contributed by atoms with Crippen LogP contribution in [-0.4, -0.2) is 28.2 Å². The van der Waals surface area contributed by atoms with Crippen LogP contribution in [0.15, 0.2) is 36.4 Å². The minimum atomic E-state index is -3.42. The van der Waals surface area contributed by atoms with Gasteiger partial charge in [0.05, 0.1) is 19.0 Å². The van der Waals surface area contributed by atoms with Gasteiger partial charge in [-0.15, -0.1) is 0 Å². The smallest absolute Gasteiger partial charge is 0.215 e. The van der Waals surface area contributed by atoms with Crippen LogP contribution in [0.1, 0.15) is 12.5 Å². The number of benzene rings is 1. The number of hydrogen-bond donors (Lipinski definition) is 1. The molecular weight excluding hydrogens is 269 g/mol. The largest absolute Gasteiger partial charge is 0.376 e. The molecule has 0 amide bonds. The summed E-state index contributed by atoms with van der Waals surface area (Å²) in [5.74, 6) is -0.560. The number of rotatable bonds is 8. The van der Waals surface area contributed by atoms with Crippen molar-refractivity contribution in [3.63, 3.8) is 0 Å². The van der Waals surface area contributed by atoms with E-state index in [2.05, 4.69) is 11.3 Å². The SMILES string of the molecule is C=C(C)COCCNS(=O)(=O)Cc1ccc(F)cc1. The summed E-state index contributed by atoms with van der Waals surface area (Å²) in [6.45, 7) is 6.41. The van der Waals surface area contributed by atoms with Gasteiger partial charge in [-0.3, -0.25) is 0 Å². The molecule has 0 aliphatic heterocycles. The van der Waals surface area contributed by atoms with Gasteiger partial charge in [0.15, 0.2) is 0 Å². The number of sulfonamides is 1. The molecule has 0 unspecified atom stereocenters. The van der Waals surface area contributed by atoms with E-state index in [9.17, 15) is 12.8 Å². The first-order chi connectivity index (χ1) is 8.89. The third-order valence-electron chi connectivity index (χ3n) is 2.19. The van der Waals surface area contributed by atoms with E-state index in [0.29, 0.717) is 12.2 Å². The van der Waals surface area contributed by atoms with Crippen molar-refractivity contribution in [1.82, 2.24) is 4.72 Å². The highest BCUT2D eigenvalue weighted by molar-refractivity contribution is 7.88. The number of nitrogens with one attached hydrogen (secondary N) is 1. The fraction of sp³-hybridized carbons (Fsp3) is 0.385. The van der Waals surface area contributed by atoms with Crippen LogP contribution < -0.4 is 4.72 Å². The lowest BCUT2D eigenvalue weighted by molar-refractivity contribution is 0.162. The van der Waals surface area contributed by atoms with Gasteiger partial charge in [-0.05, 0) is 24.6 Å². The molecule has 0 aliphatic rings. The molecule has 0 radical (unpaired) electrons. The Kier molecular flexibility index (Phi) is 6.14. The molecule has 0 saturated carbocycles. The van der Waals surface area contributed by atoms with Gasteiger partial charge in [0.2, 0.25) is 10.0 Å². The molecule has 0 aromatic heterocycles. The minimum absolute atomic E-state index is 0.173. The minimum Gasteiger partial charge on any atom is -0.376 e. The van der Waals surface area contributed by atoms with Crippen LogP contribution in [0, 0.1) is 5.82 Å². The summed E-state index contributed by atoms with van der Waals surface area (Å²) in [4.78, 5) is 0. The van der Waals surface area contributed by atoms with E-state index in [0.717, 1.165) is 5.57 Å². The molecule has 1 aromatic carbocycles. The molecule has 0 atom stereocenters. The lowest BCUT2D eigenvalue weighted by Crippen LogP contribution is -2.28. The zero-order valence-electron chi connectivity index (χ0n) is 10.9. The third kappa shape index (κ3) is 7.05. The highest BCUT2D eigenvalue weighted by Crippen LogP contribution is 2.06. The van der Waals surface area contributed by atoms with Crippen molar-refractivity contribution in [3.8, 4) is 0 Å². The van der Waals surface area contributed by atoms with E-state index in [4.69, 9.17) is 4.74 Å². The van der Waals surface area contributed by atoms with Crippen molar-refractivity contribution in [2.24, 2.45) is 0 Å². The molecule has 4 nitrogen and oxygen atoms in total. The fourth-order valence-corrected chi connectivity index (χ4v) is 2.49. The van der Waals surface area contributed by atoms with Crippen molar-refractivity contribution in [1.29, 1.82) is 0 Å². The first-order valence-corrected chi connectivity index (χ1v) is 7.48. The normalized spacial score (nSPS) is 11.5. The van der Waals surface area contributed by atoms with E-state index in [1.54, 1.807) is 0 Å². The third-order valence-corrected chi connectivity index (χ3v) is 3.54. The van der Waals surface area contributed by atoms with Crippen molar-refractivity contribution in [2.45, 2.75) is 12.7 Å². The van der Waals surface area contributed by atoms with Crippen LogP contribution in [0.5, 0.6) is 0 Å². The summed E-state index contributed by atoms with van der Waals surface area (Å²) in [6.07, 6.45) is 0. The first-order valence-electron chi connectivity index (χ1n) is 5.83. The Morgan fingerprint density at radius 2 is 2.00 bits per heavy atom. The molecule has 6 heteroatoms. The lowest BCUT2D eigenvalue weighted by atomic mass is 10.2. The van der Waals surface area contributed by atoms with Gasteiger partial charge in [-0.1, -0.05) is 24.3 Å². The maximum Gasteiger partial charge on any atom is 0.215 e. The lowest BCUT2D eigenvalue weighted by Gasteiger charge is -2.07. The highest BCUT2D eigenvalue weighted by atomic mass is 32.2. The number of hydrogen-bond acceptors (Lipinski definition) is 3. The molecule has 1 rings (SSSR count). The zero-order chi connectivity index (χ0) is 14.3. The van der Waals surface area contributed by atoms with E-state index in [1.165, 1.54) is 24.3 Å². The Hall–Kier alpha value is -1.24. The van der Waals surface area contributed by atoms with E-state index in [-0.39, 0.29) is 24.7 Å². The van der Waals surface area contributed by atoms with Crippen LogP contribution in [0.25, 0.3) is 0 Å². The molecule has 19 heavy (non-hydrogen) atoms. The van der Waals surface area contributed by atoms with Crippen LogP contribution >= 0.6 is 0 Å². The van der Waals surface area contributed by atoms with Gasteiger partial charge < -0.3 is 4.74 Å². The second-order valence-corrected chi connectivity index (χ2v) is 6.10. The van der Waals surface area contributed by atoms with Crippen LogP contribution in [0.2, 0.25) is 0 Å². The van der Waals surface area contributed by atoms with E-state index < -0.39 is 10.0 Å². The molecule has 1 aromatic rings. The standard InChI is InChI=1S/C13H18FNO3S/c1-11(2)9-18-8-7-15-19(16,17)10-12-3-5-13(14)6-4-12/h3-6,15H,1,7-10H2,2H3. The summed E-state index contributed by atoms with van der Waals surface area (Å²) >= 11 is 0. The van der Waals surface area contributed by atoms with Gasteiger partial charge in [-0.2, -0.15) is 0 Å². The summed E-state index contributed by atoms with van der Waals surface area (Å²) in [7, 11) is -3.42. The Morgan fingerprint density at radius 1 is 1.37 bits per heavy atom. The van der Waals surface area contributed by atoms with Crippen molar-refractivity contribution >= 4 is 10.0 Å². The summed E-state index contributed by atoms with van der Waals surface area (Å²) in [5.41, 5.74) is 1.42. The zero-order valence-corrected chi connectivity index (χ0v) is 11.7. The number of ether oxygens (including phenoxy) is 1. The van der Waals surface area contributed by atoms with Crippen LogP contribution in [-0.2, 0) is 20.5 Å². The Labute approximate surface area is 113 Å². The molecule has 0 fully saturated rings. The quantitative estimate of drug-likeness (QED) is 0.586. The highest BCUT2D eigenvalue weighted by Gasteiger charge is 2.10. The Balaban J connectivity index is 2.35. The van der Waals surface area contributed by atoms with E-state index >= 15 is 0 Å². The Morgan fingerprint density at radius 3 is 2.58 bits per heavy atom. The topological polar surface area (TPSA) is 55.4 Å². The number of halogens is 1. The molecule has 0 aliphatic carbocycles. The van der Waals surface area contributed by atoms with Crippen LogP contribution in [0.3, 0.4) is 0 Å². The summed E-state index contributed by atoms with van der Waals surface area (Å²) < 4.78 is 43.7. The maximum atomic E-state index is 12.7. The molecule has 0 spiro atoms. The van der Waals surface area contributed by atoms with Crippen molar-refractivity contribution in [2.75, 3.05) is 19.8 Å². The molecule has 106 valence electrons. The van der Waals surface area contributed by atoms with Gasteiger partial charge in [0, 0.05) is 6.54 Å². The van der Waals surface area contributed by atoms with Crippen molar-refractivity contribution < 1.29 is 17.5 Å². The average Bonchev–Trinajstić information content (AvgIpc) is 2.31. The molecular formula is C13H18FNO3S. The van der Waals surface area contributed by atoms with Gasteiger partial charge in [0.1, 0.15) is 5.82 Å². The Bertz CT molecular complexity index is 511. The molecule has 0 heterocycles. The molecule has 0 saturated heterocycles. The average molecular weight is 287 g/mol. The van der Waals surface area contributed by atoms with E-state index in [1.807, 2.05) is 6.92 Å². The van der Waals surface area contributed by atoms with Gasteiger partial charge >= 0.3 is 0 Å².